The molecule has 0 aliphatic carbocycles. The second kappa shape index (κ2) is 12.7. The highest BCUT2D eigenvalue weighted by Crippen LogP contribution is 2.37. The van der Waals surface area contributed by atoms with Crippen molar-refractivity contribution in [2.24, 2.45) is 5.41 Å². The summed E-state index contributed by atoms with van der Waals surface area (Å²) in [5.74, 6) is 1.07. The minimum atomic E-state index is -0.315. The van der Waals surface area contributed by atoms with Gasteiger partial charge in [-0.3, -0.25) is 9.48 Å². The van der Waals surface area contributed by atoms with Gasteiger partial charge in [-0.15, -0.1) is 12.4 Å². The zero-order chi connectivity index (χ0) is 29.3. The van der Waals surface area contributed by atoms with E-state index in [-0.39, 0.29) is 29.8 Å². The Morgan fingerprint density at radius 2 is 1.86 bits per heavy atom. The third kappa shape index (κ3) is 5.97. The maximum Gasteiger partial charge on any atom is 0.226 e. The lowest BCUT2D eigenvalue weighted by Crippen LogP contribution is -2.50. The third-order valence-electron chi connectivity index (χ3n) is 9.03. The van der Waals surface area contributed by atoms with Gasteiger partial charge in [-0.25, -0.2) is 9.50 Å². The van der Waals surface area contributed by atoms with Crippen LogP contribution in [-0.2, 0) is 4.79 Å². The topological polar surface area (TPSA) is 116 Å². The Balaban J connectivity index is 0.00000368. The fourth-order valence-electron chi connectivity index (χ4n) is 6.39. The number of pyridine rings is 2. The van der Waals surface area contributed by atoms with Gasteiger partial charge in [-0.05, 0) is 77.2 Å². The Morgan fingerprint density at radius 3 is 2.51 bits per heavy atom. The zero-order valence-electron chi connectivity index (χ0n) is 25.1. The molecular formula is C32H40ClN9O. The number of hydrogen-bond donors (Lipinski definition) is 2. The van der Waals surface area contributed by atoms with Gasteiger partial charge in [0.2, 0.25) is 5.91 Å². The number of piperidine rings is 2. The first-order valence-corrected chi connectivity index (χ1v) is 15.1. The number of fused-ring (bicyclic) bond motifs is 1. The molecule has 2 aliphatic heterocycles. The van der Waals surface area contributed by atoms with Gasteiger partial charge in [0.25, 0.3) is 0 Å². The second-order valence-corrected chi connectivity index (χ2v) is 12.0. The first-order chi connectivity index (χ1) is 20.4. The number of hydrogen-bond acceptors (Lipinski definition) is 7. The molecule has 6 rings (SSSR count). The van der Waals surface area contributed by atoms with Gasteiger partial charge in [0, 0.05) is 60.0 Å². The maximum absolute atomic E-state index is 13.0. The van der Waals surface area contributed by atoms with Gasteiger partial charge < -0.3 is 15.5 Å². The average Bonchev–Trinajstić information content (AvgIpc) is 3.69. The summed E-state index contributed by atoms with van der Waals surface area (Å²) < 4.78 is 3.87. The van der Waals surface area contributed by atoms with Crippen LogP contribution in [0.15, 0.2) is 49.2 Å². The van der Waals surface area contributed by atoms with Crippen LogP contribution in [0.2, 0.25) is 0 Å². The Hall–Kier alpha value is -3.94. The zero-order valence-corrected chi connectivity index (χ0v) is 25.9. The SMILES string of the molecule is CCC1(C(=O)NC(C)C)CCN(c2ccc(-c3cc(-c4cnn(C5CCNCC5)c4)cn4ncc(C#N)c34)cn2)CC1.Cl. The number of anilines is 1. The number of carbonyl (C=O) groups is 1. The quantitative estimate of drug-likeness (QED) is 0.306. The van der Waals surface area contributed by atoms with Crippen LogP contribution >= 0.6 is 12.4 Å². The Kier molecular flexibility index (Phi) is 9.04. The molecule has 2 N–H and O–H groups in total. The van der Waals surface area contributed by atoms with E-state index in [0.717, 1.165) is 91.9 Å². The molecule has 226 valence electrons. The van der Waals surface area contributed by atoms with Crippen LogP contribution in [0.1, 0.15) is 64.5 Å². The molecule has 0 spiro atoms. The van der Waals surface area contributed by atoms with Gasteiger partial charge in [0.05, 0.1) is 34.9 Å². The summed E-state index contributed by atoms with van der Waals surface area (Å²) in [5.41, 5.74) is 4.81. The molecule has 11 heteroatoms. The Bertz CT molecular complexity index is 1600. The van der Waals surface area contributed by atoms with Crippen molar-refractivity contribution in [1.82, 2.24) is 35.0 Å². The van der Waals surface area contributed by atoms with E-state index >= 15 is 0 Å². The summed E-state index contributed by atoms with van der Waals surface area (Å²) >= 11 is 0. The summed E-state index contributed by atoms with van der Waals surface area (Å²) in [6.07, 6.45) is 14.1. The van der Waals surface area contributed by atoms with E-state index in [2.05, 4.69) is 61.7 Å². The van der Waals surface area contributed by atoms with Crippen molar-refractivity contribution in [3.8, 4) is 28.3 Å². The fraction of sp³-hybridized carbons (Fsp3) is 0.469. The van der Waals surface area contributed by atoms with Crippen molar-refractivity contribution in [3.63, 3.8) is 0 Å². The lowest BCUT2D eigenvalue weighted by molar-refractivity contribution is -0.133. The number of nitrogens with one attached hydrogen (secondary N) is 2. The van der Waals surface area contributed by atoms with E-state index in [9.17, 15) is 10.1 Å². The van der Waals surface area contributed by atoms with E-state index in [1.54, 1.807) is 10.7 Å². The smallest absolute Gasteiger partial charge is 0.226 e. The van der Waals surface area contributed by atoms with Crippen LogP contribution in [-0.4, -0.2) is 62.5 Å². The molecule has 43 heavy (non-hydrogen) atoms. The summed E-state index contributed by atoms with van der Waals surface area (Å²) in [5, 5.41) is 25.6. The maximum atomic E-state index is 13.0. The molecule has 4 aromatic rings. The van der Waals surface area contributed by atoms with Crippen molar-refractivity contribution < 1.29 is 4.79 Å². The molecule has 0 radical (unpaired) electrons. The van der Waals surface area contributed by atoms with Crippen molar-refractivity contribution in [1.29, 1.82) is 5.26 Å². The van der Waals surface area contributed by atoms with Gasteiger partial charge in [0.1, 0.15) is 11.9 Å². The molecule has 0 unspecified atom stereocenters. The molecule has 0 atom stereocenters. The molecule has 4 aromatic heterocycles. The monoisotopic (exact) mass is 601 g/mol. The van der Waals surface area contributed by atoms with Gasteiger partial charge in [0.15, 0.2) is 0 Å². The summed E-state index contributed by atoms with van der Waals surface area (Å²) in [7, 11) is 0. The molecule has 6 heterocycles. The fourth-order valence-corrected chi connectivity index (χ4v) is 6.39. The average molecular weight is 602 g/mol. The number of amides is 1. The van der Waals surface area contributed by atoms with Gasteiger partial charge in [-0.1, -0.05) is 6.92 Å². The number of nitriles is 1. The van der Waals surface area contributed by atoms with E-state index in [1.807, 2.05) is 38.5 Å². The molecule has 0 bridgehead atoms. The highest BCUT2D eigenvalue weighted by molar-refractivity contribution is 5.87. The first-order valence-electron chi connectivity index (χ1n) is 15.1. The second-order valence-electron chi connectivity index (χ2n) is 12.0. The number of halogens is 1. The molecular weight excluding hydrogens is 562 g/mol. The molecule has 0 aromatic carbocycles. The summed E-state index contributed by atoms with van der Waals surface area (Å²) in [6, 6.07) is 9.06. The molecule has 2 fully saturated rings. The highest BCUT2D eigenvalue weighted by atomic mass is 35.5. The van der Waals surface area contributed by atoms with Crippen LogP contribution in [0, 0.1) is 16.7 Å². The highest BCUT2D eigenvalue weighted by Gasteiger charge is 2.40. The minimum Gasteiger partial charge on any atom is -0.357 e. The molecule has 0 saturated carbocycles. The molecule has 2 saturated heterocycles. The number of aromatic nitrogens is 5. The number of rotatable bonds is 7. The van der Waals surface area contributed by atoms with Crippen LogP contribution in [0.5, 0.6) is 0 Å². The van der Waals surface area contributed by atoms with Gasteiger partial charge >= 0.3 is 0 Å². The minimum absolute atomic E-state index is 0. The van der Waals surface area contributed by atoms with Crippen LogP contribution in [0.4, 0.5) is 5.82 Å². The molecule has 2 aliphatic rings. The van der Waals surface area contributed by atoms with E-state index in [4.69, 9.17) is 4.98 Å². The normalized spacial score (nSPS) is 17.0. The summed E-state index contributed by atoms with van der Waals surface area (Å²) in [4.78, 5) is 20.1. The first kappa shape index (κ1) is 30.5. The summed E-state index contributed by atoms with van der Waals surface area (Å²) in [6.45, 7) is 9.72. The Morgan fingerprint density at radius 1 is 1.09 bits per heavy atom. The van der Waals surface area contributed by atoms with E-state index in [1.165, 1.54) is 0 Å². The largest absolute Gasteiger partial charge is 0.357 e. The predicted molar refractivity (Wildman–Crippen MR) is 170 cm³/mol. The lowest BCUT2D eigenvalue weighted by atomic mass is 9.75. The Labute approximate surface area is 258 Å². The van der Waals surface area contributed by atoms with Crippen molar-refractivity contribution in [2.45, 2.75) is 65.0 Å². The molecule has 1 amide bonds. The predicted octanol–water partition coefficient (Wildman–Crippen LogP) is 5.00. The van der Waals surface area contributed by atoms with E-state index in [0.29, 0.717) is 11.6 Å². The third-order valence-corrected chi connectivity index (χ3v) is 9.03. The van der Waals surface area contributed by atoms with Gasteiger partial charge in [-0.2, -0.15) is 15.5 Å². The van der Waals surface area contributed by atoms with Crippen LogP contribution < -0.4 is 15.5 Å². The standard InChI is InChI=1S/C32H39N9O.ClH/c1-4-32(31(42)38-22(2)3)9-13-39(14-10-32)29-6-5-23(17-35-29)28-15-24(20-41-30(28)25(16-33)18-37-41)26-19-36-40(21-26)27-7-11-34-12-8-27;/h5-6,15,17-22,27,34H,4,7-14H2,1-3H3,(H,38,42);1H. The number of nitrogens with zero attached hydrogens (tertiary/aromatic N) is 7. The molecule has 10 nitrogen and oxygen atoms in total. The van der Waals surface area contributed by atoms with Crippen molar-refractivity contribution >= 4 is 29.6 Å². The number of carbonyl (C=O) groups excluding carboxylic acids is 1. The van der Waals surface area contributed by atoms with E-state index < -0.39 is 0 Å². The van der Waals surface area contributed by atoms with Crippen molar-refractivity contribution in [2.75, 3.05) is 31.1 Å². The van der Waals surface area contributed by atoms with Crippen LogP contribution in [0.25, 0.3) is 27.8 Å². The van der Waals surface area contributed by atoms with Crippen molar-refractivity contribution in [3.05, 3.63) is 54.7 Å². The van der Waals surface area contributed by atoms with Crippen LogP contribution in [0.3, 0.4) is 0 Å². The lowest BCUT2D eigenvalue weighted by Gasteiger charge is -2.41.